The lowest BCUT2D eigenvalue weighted by molar-refractivity contribution is 0.00945. The van der Waals surface area contributed by atoms with Gasteiger partial charge in [0.25, 0.3) is 0 Å². The van der Waals surface area contributed by atoms with Crippen LogP contribution in [0.15, 0.2) is 0 Å². The summed E-state index contributed by atoms with van der Waals surface area (Å²) in [6.07, 6.45) is 1.61. The molecule has 19 heavy (non-hydrogen) atoms. The molecule has 112 valence electrons. The Morgan fingerprint density at radius 2 is 2.05 bits per heavy atom. The van der Waals surface area contributed by atoms with E-state index in [0.29, 0.717) is 19.2 Å². The minimum Gasteiger partial charge on any atom is -0.450 e. The van der Waals surface area contributed by atoms with Gasteiger partial charge in [-0.05, 0) is 32.6 Å². The fourth-order valence-corrected chi connectivity index (χ4v) is 2.04. The van der Waals surface area contributed by atoms with Gasteiger partial charge in [0.05, 0.1) is 12.2 Å². The molecular weight excluding hydrogens is 244 g/mol. The van der Waals surface area contributed by atoms with E-state index in [1.165, 1.54) is 0 Å². The molecule has 0 bridgehead atoms. The number of rotatable bonds is 5. The number of hydrogen-bond donors (Lipinski definition) is 2. The number of hydrogen-bond acceptors (Lipinski definition) is 4. The molecule has 5 nitrogen and oxygen atoms in total. The minimum atomic E-state index is -0.682. The normalized spacial score (nSPS) is 20.4. The monoisotopic (exact) mass is 272 g/mol. The molecule has 1 amide bonds. The predicted octanol–water partition coefficient (Wildman–Crippen LogP) is 1.60. The standard InChI is InChI=1S/C14H28N2O3/c1-5-19-13(17)16-8-6-12(7-9-16)15-10-14(4,18)11(2)3/h11-12,15,18H,5-10H2,1-4H3. The molecule has 0 spiro atoms. The first-order valence-corrected chi connectivity index (χ1v) is 7.24. The molecular formula is C14H28N2O3. The van der Waals surface area contributed by atoms with Crippen molar-refractivity contribution in [3.8, 4) is 0 Å². The molecule has 1 heterocycles. The smallest absolute Gasteiger partial charge is 0.409 e. The Balaban J connectivity index is 2.29. The highest BCUT2D eigenvalue weighted by Crippen LogP contribution is 2.17. The third-order valence-corrected chi connectivity index (χ3v) is 4.01. The van der Waals surface area contributed by atoms with Gasteiger partial charge >= 0.3 is 6.09 Å². The average Bonchev–Trinajstić information content (AvgIpc) is 2.37. The van der Waals surface area contributed by atoms with E-state index >= 15 is 0 Å². The van der Waals surface area contributed by atoms with E-state index in [1.54, 1.807) is 4.90 Å². The van der Waals surface area contributed by atoms with E-state index in [-0.39, 0.29) is 12.0 Å². The van der Waals surface area contributed by atoms with Crippen molar-refractivity contribution in [1.82, 2.24) is 10.2 Å². The van der Waals surface area contributed by atoms with Crippen molar-refractivity contribution in [3.63, 3.8) is 0 Å². The quantitative estimate of drug-likeness (QED) is 0.798. The van der Waals surface area contributed by atoms with Crippen LogP contribution in [0.3, 0.4) is 0 Å². The fraction of sp³-hybridized carbons (Fsp3) is 0.929. The first-order chi connectivity index (χ1) is 8.86. The molecule has 1 fully saturated rings. The number of ether oxygens (including phenoxy) is 1. The Kier molecular flexibility index (Phi) is 6.07. The van der Waals surface area contributed by atoms with Gasteiger partial charge in [0, 0.05) is 25.7 Å². The highest BCUT2D eigenvalue weighted by molar-refractivity contribution is 5.67. The van der Waals surface area contributed by atoms with E-state index in [2.05, 4.69) is 5.32 Å². The van der Waals surface area contributed by atoms with Crippen molar-refractivity contribution < 1.29 is 14.6 Å². The van der Waals surface area contributed by atoms with E-state index < -0.39 is 5.60 Å². The second kappa shape index (κ2) is 7.10. The maximum absolute atomic E-state index is 11.6. The van der Waals surface area contributed by atoms with Crippen LogP contribution in [0.1, 0.15) is 40.5 Å². The molecule has 0 aromatic rings. The SMILES string of the molecule is CCOC(=O)N1CCC(NCC(C)(O)C(C)C)CC1. The van der Waals surface area contributed by atoms with Crippen molar-refractivity contribution in [2.75, 3.05) is 26.2 Å². The van der Waals surface area contributed by atoms with Gasteiger partial charge in [-0.2, -0.15) is 0 Å². The summed E-state index contributed by atoms with van der Waals surface area (Å²) in [7, 11) is 0. The third-order valence-electron chi connectivity index (χ3n) is 4.01. The highest BCUT2D eigenvalue weighted by atomic mass is 16.6. The summed E-state index contributed by atoms with van der Waals surface area (Å²) < 4.78 is 4.99. The average molecular weight is 272 g/mol. The maximum Gasteiger partial charge on any atom is 0.409 e. The van der Waals surface area contributed by atoms with Gasteiger partial charge in [-0.3, -0.25) is 0 Å². The Morgan fingerprint density at radius 1 is 1.47 bits per heavy atom. The predicted molar refractivity (Wildman–Crippen MR) is 75.1 cm³/mol. The molecule has 0 aromatic carbocycles. The number of nitrogens with one attached hydrogen (secondary N) is 1. The summed E-state index contributed by atoms with van der Waals surface area (Å²) in [5, 5.41) is 13.6. The van der Waals surface area contributed by atoms with Crippen LogP contribution in [0.25, 0.3) is 0 Å². The van der Waals surface area contributed by atoms with Crippen molar-refractivity contribution in [3.05, 3.63) is 0 Å². The summed E-state index contributed by atoms with van der Waals surface area (Å²) in [5.74, 6) is 0.222. The lowest BCUT2D eigenvalue weighted by Crippen LogP contribution is -2.50. The number of carbonyl (C=O) groups excluding carboxylic acids is 1. The van der Waals surface area contributed by atoms with Crippen molar-refractivity contribution >= 4 is 6.09 Å². The zero-order chi connectivity index (χ0) is 14.5. The van der Waals surface area contributed by atoms with Gasteiger partial charge in [0.1, 0.15) is 0 Å². The van der Waals surface area contributed by atoms with Gasteiger partial charge in [0.2, 0.25) is 0 Å². The number of amides is 1. The molecule has 1 atom stereocenters. The van der Waals surface area contributed by atoms with E-state index in [1.807, 2.05) is 27.7 Å². The van der Waals surface area contributed by atoms with Gasteiger partial charge in [0.15, 0.2) is 0 Å². The molecule has 1 saturated heterocycles. The summed E-state index contributed by atoms with van der Waals surface area (Å²) in [6, 6.07) is 0.371. The summed E-state index contributed by atoms with van der Waals surface area (Å²) >= 11 is 0. The Labute approximate surface area is 116 Å². The van der Waals surface area contributed by atoms with Crippen LogP contribution in [-0.2, 0) is 4.74 Å². The van der Waals surface area contributed by atoms with Crippen molar-refractivity contribution in [1.29, 1.82) is 0 Å². The van der Waals surface area contributed by atoms with Crippen molar-refractivity contribution in [2.24, 2.45) is 5.92 Å². The van der Waals surface area contributed by atoms with E-state index in [9.17, 15) is 9.90 Å². The first kappa shape index (κ1) is 16.2. The Morgan fingerprint density at radius 3 is 2.53 bits per heavy atom. The van der Waals surface area contributed by atoms with Crippen LogP contribution in [0.5, 0.6) is 0 Å². The molecule has 0 radical (unpaired) electrons. The second-order valence-electron chi connectivity index (χ2n) is 5.85. The third kappa shape index (κ3) is 4.99. The zero-order valence-corrected chi connectivity index (χ0v) is 12.6. The molecule has 0 saturated carbocycles. The summed E-state index contributed by atoms with van der Waals surface area (Å²) in [5.41, 5.74) is -0.682. The van der Waals surface area contributed by atoms with Crippen LogP contribution in [0, 0.1) is 5.92 Å². The summed E-state index contributed by atoms with van der Waals surface area (Å²) in [6.45, 7) is 10.2. The lowest BCUT2D eigenvalue weighted by Gasteiger charge is -2.35. The summed E-state index contributed by atoms with van der Waals surface area (Å²) in [4.78, 5) is 13.3. The molecule has 1 unspecified atom stereocenters. The largest absolute Gasteiger partial charge is 0.450 e. The first-order valence-electron chi connectivity index (χ1n) is 7.24. The Bertz CT molecular complexity index is 284. The highest BCUT2D eigenvalue weighted by Gasteiger charge is 2.28. The zero-order valence-electron chi connectivity index (χ0n) is 12.6. The lowest BCUT2D eigenvalue weighted by atomic mass is 9.92. The number of piperidine rings is 1. The fourth-order valence-electron chi connectivity index (χ4n) is 2.04. The number of likely N-dealkylation sites (tertiary alicyclic amines) is 1. The number of aliphatic hydroxyl groups is 1. The van der Waals surface area contributed by atoms with Crippen LogP contribution < -0.4 is 5.32 Å². The molecule has 5 heteroatoms. The van der Waals surface area contributed by atoms with Crippen LogP contribution in [-0.4, -0.2) is 54.0 Å². The number of nitrogens with zero attached hydrogens (tertiary/aromatic N) is 1. The molecule has 1 rings (SSSR count). The molecule has 1 aliphatic heterocycles. The Hall–Kier alpha value is -0.810. The van der Waals surface area contributed by atoms with Gasteiger partial charge < -0.3 is 20.1 Å². The van der Waals surface area contributed by atoms with Crippen LogP contribution in [0.2, 0.25) is 0 Å². The van der Waals surface area contributed by atoms with Gasteiger partial charge in [-0.1, -0.05) is 13.8 Å². The van der Waals surface area contributed by atoms with E-state index in [0.717, 1.165) is 25.9 Å². The minimum absolute atomic E-state index is 0.213. The topological polar surface area (TPSA) is 61.8 Å². The second-order valence-corrected chi connectivity index (χ2v) is 5.85. The number of carbonyl (C=O) groups is 1. The van der Waals surface area contributed by atoms with Crippen LogP contribution in [0.4, 0.5) is 4.79 Å². The molecule has 2 N–H and O–H groups in total. The molecule has 0 aliphatic carbocycles. The van der Waals surface area contributed by atoms with Gasteiger partial charge in [-0.25, -0.2) is 4.79 Å². The van der Waals surface area contributed by atoms with E-state index in [4.69, 9.17) is 4.74 Å². The molecule has 1 aliphatic rings. The van der Waals surface area contributed by atoms with Gasteiger partial charge in [-0.15, -0.1) is 0 Å². The van der Waals surface area contributed by atoms with Crippen LogP contribution >= 0.6 is 0 Å². The molecule has 0 aromatic heterocycles. The van der Waals surface area contributed by atoms with Crippen molar-refractivity contribution in [2.45, 2.75) is 52.2 Å². The maximum atomic E-state index is 11.6.